The number of hydrogen-bond donors (Lipinski definition) is 0. The first-order valence-corrected chi connectivity index (χ1v) is 10.5. The van der Waals surface area contributed by atoms with Crippen molar-refractivity contribution in [3.8, 4) is 11.5 Å². The van der Waals surface area contributed by atoms with Gasteiger partial charge in [0.15, 0.2) is 6.61 Å². The molecule has 1 saturated heterocycles. The van der Waals surface area contributed by atoms with Crippen molar-refractivity contribution in [3.05, 3.63) is 53.6 Å². The lowest BCUT2D eigenvalue weighted by molar-refractivity contribution is -0.133. The fourth-order valence-corrected chi connectivity index (χ4v) is 3.67. The van der Waals surface area contributed by atoms with Crippen molar-refractivity contribution in [2.45, 2.75) is 33.6 Å². The van der Waals surface area contributed by atoms with E-state index in [4.69, 9.17) is 9.47 Å². The molecule has 0 saturated carbocycles. The summed E-state index contributed by atoms with van der Waals surface area (Å²) in [6.07, 6.45) is 0. The van der Waals surface area contributed by atoms with E-state index >= 15 is 0 Å². The smallest absolute Gasteiger partial charge is 0.260 e. The van der Waals surface area contributed by atoms with Crippen molar-refractivity contribution in [2.24, 2.45) is 0 Å². The Balaban J connectivity index is 1.57. The van der Waals surface area contributed by atoms with E-state index in [0.29, 0.717) is 25.6 Å². The molecule has 1 heterocycles. The molecule has 0 atom stereocenters. The SMILES string of the molecule is CCOc1ccccc1N1CCN(C(=O)COc2cc(C)ccc2C(C)C)CC1. The lowest BCUT2D eigenvalue weighted by atomic mass is 10.0. The molecule has 3 rings (SSSR count). The van der Waals surface area contributed by atoms with Crippen molar-refractivity contribution < 1.29 is 14.3 Å². The average Bonchev–Trinajstić information content (AvgIpc) is 2.72. The van der Waals surface area contributed by atoms with Gasteiger partial charge in [-0.2, -0.15) is 0 Å². The monoisotopic (exact) mass is 396 g/mol. The van der Waals surface area contributed by atoms with E-state index in [1.54, 1.807) is 0 Å². The quantitative estimate of drug-likeness (QED) is 0.702. The molecule has 29 heavy (non-hydrogen) atoms. The Hall–Kier alpha value is -2.69. The molecule has 2 aromatic carbocycles. The molecule has 5 nitrogen and oxygen atoms in total. The molecule has 0 N–H and O–H groups in total. The van der Waals surface area contributed by atoms with Gasteiger partial charge >= 0.3 is 0 Å². The molecule has 0 bridgehead atoms. The number of rotatable bonds is 7. The summed E-state index contributed by atoms with van der Waals surface area (Å²) in [6, 6.07) is 14.3. The van der Waals surface area contributed by atoms with E-state index in [1.165, 1.54) is 0 Å². The van der Waals surface area contributed by atoms with Crippen LogP contribution in [0.1, 0.15) is 37.8 Å². The molecule has 1 fully saturated rings. The molecule has 1 aliphatic heterocycles. The predicted octanol–water partition coefficient (Wildman–Crippen LogP) is 4.24. The van der Waals surface area contributed by atoms with Crippen LogP contribution in [0.5, 0.6) is 11.5 Å². The summed E-state index contributed by atoms with van der Waals surface area (Å²) in [7, 11) is 0. The van der Waals surface area contributed by atoms with Crippen LogP contribution in [0, 0.1) is 6.92 Å². The van der Waals surface area contributed by atoms with Gasteiger partial charge in [-0.25, -0.2) is 0 Å². The third-order valence-electron chi connectivity index (χ3n) is 5.28. The largest absolute Gasteiger partial charge is 0.492 e. The third kappa shape index (κ3) is 5.22. The van der Waals surface area contributed by atoms with E-state index in [9.17, 15) is 4.79 Å². The van der Waals surface area contributed by atoms with Crippen molar-refractivity contribution in [3.63, 3.8) is 0 Å². The van der Waals surface area contributed by atoms with E-state index in [2.05, 4.69) is 36.9 Å². The van der Waals surface area contributed by atoms with Gasteiger partial charge in [-0.15, -0.1) is 0 Å². The van der Waals surface area contributed by atoms with E-state index < -0.39 is 0 Å². The zero-order valence-electron chi connectivity index (χ0n) is 18.0. The van der Waals surface area contributed by atoms with E-state index in [-0.39, 0.29) is 12.5 Å². The predicted molar refractivity (Wildman–Crippen MR) is 117 cm³/mol. The molecular weight excluding hydrogens is 364 g/mol. The van der Waals surface area contributed by atoms with Gasteiger partial charge in [0.1, 0.15) is 11.5 Å². The van der Waals surface area contributed by atoms with Crippen molar-refractivity contribution in [2.75, 3.05) is 44.3 Å². The number of piperazine rings is 1. The van der Waals surface area contributed by atoms with Crippen LogP contribution < -0.4 is 14.4 Å². The van der Waals surface area contributed by atoms with Gasteiger partial charge in [-0.1, -0.05) is 38.1 Å². The Morgan fingerprint density at radius 3 is 2.41 bits per heavy atom. The van der Waals surface area contributed by atoms with Crippen molar-refractivity contribution >= 4 is 11.6 Å². The van der Waals surface area contributed by atoms with E-state index in [1.807, 2.05) is 43.0 Å². The first kappa shape index (κ1) is 21.0. The number of nitrogens with zero attached hydrogens (tertiary/aromatic N) is 2. The third-order valence-corrected chi connectivity index (χ3v) is 5.28. The molecule has 1 amide bonds. The molecule has 0 aliphatic carbocycles. The second-order valence-corrected chi connectivity index (χ2v) is 7.75. The zero-order valence-corrected chi connectivity index (χ0v) is 18.0. The number of para-hydroxylation sites is 2. The number of ether oxygens (including phenoxy) is 2. The second-order valence-electron chi connectivity index (χ2n) is 7.75. The Labute approximate surface area is 174 Å². The van der Waals surface area contributed by atoms with Gasteiger partial charge in [0.2, 0.25) is 0 Å². The summed E-state index contributed by atoms with van der Waals surface area (Å²) >= 11 is 0. The van der Waals surface area contributed by atoms with Crippen LogP contribution in [-0.2, 0) is 4.79 Å². The summed E-state index contributed by atoms with van der Waals surface area (Å²) in [4.78, 5) is 16.9. The minimum Gasteiger partial charge on any atom is -0.492 e. The number of hydrogen-bond acceptors (Lipinski definition) is 4. The molecule has 0 unspecified atom stereocenters. The average molecular weight is 397 g/mol. The fraction of sp³-hybridized carbons (Fsp3) is 0.458. The Morgan fingerprint density at radius 2 is 1.72 bits per heavy atom. The van der Waals surface area contributed by atoms with Gasteiger partial charge in [0.05, 0.1) is 12.3 Å². The normalized spacial score (nSPS) is 14.2. The maximum Gasteiger partial charge on any atom is 0.260 e. The molecule has 0 radical (unpaired) electrons. The maximum atomic E-state index is 12.7. The number of aryl methyl sites for hydroxylation is 1. The van der Waals surface area contributed by atoms with Crippen LogP contribution in [0.4, 0.5) is 5.69 Å². The summed E-state index contributed by atoms with van der Waals surface area (Å²) in [5.74, 6) is 2.12. The highest BCUT2D eigenvalue weighted by molar-refractivity contribution is 5.78. The van der Waals surface area contributed by atoms with Crippen molar-refractivity contribution in [1.29, 1.82) is 0 Å². The maximum absolute atomic E-state index is 12.7. The molecule has 0 aromatic heterocycles. The van der Waals surface area contributed by atoms with Crippen molar-refractivity contribution in [1.82, 2.24) is 4.90 Å². The minimum absolute atomic E-state index is 0.0407. The molecular formula is C24H32N2O3. The highest BCUT2D eigenvalue weighted by Gasteiger charge is 2.23. The highest BCUT2D eigenvalue weighted by Crippen LogP contribution is 2.29. The lowest BCUT2D eigenvalue weighted by Gasteiger charge is -2.36. The molecule has 1 aliphatic rings. The van der Waals surface area contributed by atoms with Gasteiger partial charge in [0.25, 0.3) is 5.91 Å². The summed E-state index contributed by atoms with van der Waals surface area (Å²) in [5.41, 5.74) is 3.37. The molecule has 5 heteroatoms. The second kappa shape index (κ2) is 9.68. The van der Waals surface area contributed by atoms with Crippen LogP contribution in [-0.4, -0.2) is 50.2 Å². The Morgan fingerprint density at radius 1 is 1.00 bits per heavy atom. The fourth-order valence-electron chi connectivity index (χ4n) is 3.67. The van der Waals surface area contributed by atoms with Gasteiger partial charge in [-0.3, -0.25) is 4.79 Å². The molecule has 0 spiro atoms. The Bertz CT molecular complexity index is 827. The summed E-state index contributed by atoms with van der Waals surface area (Å²) in [6.45, 7) is 12.0. The standard InChI is InChI=1S/C24H32N2O3/c1-5-28-22-9-7-6-8-21(22)25-12-14-26(15-13-25)24(27)17-29-23-16-19(4)10-11-20(23)18(2)3/h6-11,16,18H,5,12-15,17H2,1-4H3. The number of carbonyl (C=O) groups is 1. The number of amides is 1. The summed E-state index contributed by atoms with van der Waals surface area (Å²) < 4.78 is 11.7. The van der Waals surface area contributed by atoms with Crippen LogP contribution in [0.15, 0.2) is 42.5 Å². The molecule has 156 valence electrons. The van der Waals surface area contributed by atoms with Gasteiger partial charge < -0.3 is 19.3 Å². The Kier molecular flexibility index (Phi) is 7.02. The first-order valence-electron chi connectivity index (χ1n) is 10.5. The first-order chi connectivity index (χ1) is 14.0. The summed E-state index contributed by atoms with van der Waals surface area (Å²) in [5, 5.41) is 0. The topological polar surface area (TPSA) is 42.0 Å². The number of benzene rings is 2. The number of anilines is 1. The lowest BCUT2D eigenvalue weighted by Crippen LogP contribution is -2.50. The number of carbonyl (C=O) groups excluding carboxylic acids is 1. The van der Waals surface area contributed by atoms with E-state index in [0.717, 1.165) is 41.4 Å². The van der Waals surface area contributed by atoms with Crippen LogP contribution in [0.3, 0.4) is 0 Å². The van der Waals surface area contributed by atoms with Crippen LogP contribution in [0.2, 0.25) is 0 Å². The van der Waals surface area contributed by atoms with Crippen LogP contribution in [0.25, 0.3) is 0 Å². The van der Waals surface area contributed by atoms with Crippen LogP contribution >= 0.6 is 0 Å². The van der Waals surface area contributed by atoms with Gasteiger partial charge in [-0.05, 0) is 49.1 Å². The molecule has 2 aromatic rings. The minimum atomic E-state index is 0.0407. The zero-order chi connectivity index (χ0) is 20.8. The highest BCUT2D eigenvalue weighted by atomic mass is 16.5. The van der Waals surface area contributed by atoms with Gasteiger partial charge in [0, 0.05) is 26.2 Å².